The predicted octanol–water partition coefficient (Wildman–Crippen LogP) is 2.30. The summed E-state index contributed by atoms with van der Waals surface area (Å²) in [5.41, 5.74) is 0.809. The van der Waals surface area contributed by atoms with Gasteiger partial charge in [0.25, 0.3) is 11.5 Å². The van der Waals surface area contributed by atoms with Crippen molar-refractivity contribution in [3.8, 4) is 0 Å². The smallest absolute Gasteiger partial charge is 0.252 e. The molecule has 0 saturated heterocycles. The number of thiazole rings is 2. The molecule has 0 bridgehead atoms. The number of aromatic nitrogens is 3. The van der Waals surface area contributed by atoms with Gasteiger partial charge < -0.3 is 15.2 Å². The van der Waals surface area contributed by atoms with E-state index in [1.54, 1.807) is 17.5 Å². The lowest BCUT2D eigenvalue weighted by Crippen LogP contribution is -2.30. The first kappa shape index (κ1) is 20.9. The van der Waals surface area contributed by atoms with Crippen LogP contribution in [0.3, 0.4) is 0 Å². The number of hydrogen-bond acceptors (Lipinski definition) is 7. The predicted molar refractivity (Wildman–Crippen MR) is 114 cm³/mol. The molecule has 0 saturated carbocycles. The summed E-state index contributed by atoms with van der Waals surface area (Å²) < 4.78 is 1.21. The second kappa shape index (κ2) is 9.10. The summed E-state index contributed by atoms with van der Waals surface area (Å²) >= 11 is 2.97. The van der Waals surface area contributed by atoms with Gasteiger partial charge in [0.15, 0.2) is 5.13 Å². The summed E-state index contributed by atoms with van der Waals surface area (Å²) in [5.74, 6) is -0.684. The number of nitrogens with one attached hydrogen (secondary N) is 2. The third kappa shape index (κ3) is 5.58. The minimum absolute atomic E-state index is 0.198. The van der Waals surface area contributed by atoms with Gasteiger partial charge in [-0.3, -0.25) is 14.4 Å². The largest absolute Gasteiger partial charge is 0.352 e. The Balaban J connectivity index is 1.60. The molecule has 0 atom stereocenters. The molecule has 0 aliphatic rings. The van der Waals surface area contributed by atoms with Crippen molar-refractivity contribution in [3.05, 3.63) is 60.9 Å². The van der Waals surface area contributed by atoms with Gasteiger partial charge >= 0.3 is 0 Å². The molecule has 3 heterocycles. The summed E-state index contributed by atoms with van der Waals surface area (Å²) in [5, 5.41) is 6.94. The molecular formula is C19H21N5O3S2. The van der Waals surface area contributed by atoms with Crippen LogP contribution in [0.1, 0.15) is 30.8 Å². The lowest BCUT2D eigenvalue weighted by molar-refractivity contribution is -0.116. The Kier molecular flexibility index (Phi) is 6.55. The summed E-state index contributed by atoms with van der Waals surface area (Å²) in [6.45, 7) is 6.01. The van der Waals surface area contributed by atoms with Crippen LogP contribution in [0.15, 0.2) is 29.3 Å². The Hall–Kier alpha value is -2.85. The van der Waals surface area contributed by atoms with Crippen LogP contribution in [-0.2, 0) is 17.8 Å². The quantitative estimate of drug-likeness (QED) is 0.597. The fourth-order valence-corrected chi connectivity index (χ4v) is 4.15. The van der Waals surface area contributed by atoms with Gasteiger partial charge in [0, 0.05) is 41.2 Å². The van der Waals surface area contributed by atoms with Crippen LogP contribution in [0.5, 0.6) is 0 Å². The van der Waals surface area contributed by atoms with E-state index < -0.39 is 0 Å². The molecule has 10 heteroatoms. The maximum atomic E-state index is 12.4. The molecule has 2 N–H and O–H groups in total. The highest BCUT2D eigenvalue weighted by Gasteiger charge is 2.12. The lowest BCUT2D eigenvalue weighted by atomic mass is 10.2. The van der Waals surface area contributed by atoms with Crippen molar-refractivity contribution in [2.24, 2.45) is 0 Å². The zero-order chi connectivity index (χ0) is 21.0. The Morgan fingerprint density at radius 1 is 1.17 bits per heavy atom. The zero-order valence-corrected chi connectivity index (χ0v) is 17.9. The van der Waals surface area contributed by atoms with Crippen molar-refractivity contribution in [1.29, 1.82) is 0 Å². The van der Waals surface area contributed by atoms with Gasteiger partial charge in [-0.25, -0.2) is 9.97 Å². The van der Waals surface area contributed by atoms with Crippen molar-refractivity contribution in [2.45, 2.75) is 33.7 Å². The Morgan fingerprint density at radius 3 is 2.62 bits per heavy atom. The second-order valence-electron chi connectivity index (χ2n) is 6.46. The summed E-state index contributed by atoms with van der Waals surface area (Å²) in [7, 11) is 0. The van der Waals surface area contributed by atoms with Gasteiger partial charge in [0.2, 0.25) is 5.91 Å². The summed E-state index contributed by atoms with van der Waals surface area (Å²) in [6, 6.07) is 2.73. The van der Waals surface area contributed by atoms with Gasteiger partial charge in [-0.2, -0.15) is 0 Å². The lowest BCUT2D eigenvalue weighted by Gasteiger charge is -2.08. The van der Waals surface area contributed by atoms with Gasteiger partial charge in [0.05, 0.1) is 16.3 Å². The molecule has 0 unspecified atom stereocenters. The standard InChI is InChI=1S/C19H21N5O3S2/c1-11-8-21-16(28-11)6-7-20-18(27)14-4-5-17(26)24(9-14)10-15(25)23-19-22-12(2)13(3)29-19/h4-5,8-9H,6-7,10H2,1-3H3,(H,20,27)(H,22,23,25). The van der Waals surface area contributed by atoms with Crippen molar-refractivity contribution in [3.63, 3.8) is 0 Å². The molecule has 0 aliphatic heterocycles. The third-order valence-corrected chi connectivity index (χ3v) is 6.09. The number of amides is 2. The van der Waals surface area contributed by atoms with E-state index in [2.05, 4.69) is 20.6 Å². The van der Waals surface area contributed by atoms with Gasteiger partial charge in [0.1, 0.15) is 6.54 Å². The SMILES string of the molecule is Cc1cnc(CCNC(=O)c2ccc(=O)n(CC(=O)Nc3nc(C)c(C)s3)c2)s1. The van der Waals surface area contributed by atoms with Gasteiger partial charge in [-0.15, -0.1) is 22.7 Å². The average molecular weight is 432 g/mol. The molecule has 0 radical (unpaired) electrons. The van der Waals surface area contributed by atoms with Crippen LogP contribution in [0.25, 0.3) is 0 Å². The molecule has 0 fully saturated rings. The van der Waals surface area contributed by atoms with Crippen LogP contribution in [0.4, 0.5) is 5.13 Å². The Labute approximate surface area is 175 Å². The minimum Gasteiger partial charge on any atom is -0.352 e. The van der Waals surface area contributed by atoms with E-state index in [0.29, 0.717) is 23.7 Å². The molecule has 2 amide bonds. The van der Waals surface area contributed by atoms with Crippen LogP contribution < -0.4 is 16.2 Å². The van der Waals surface area contributed by atoms with Crippen LogP contribution in [0, 0.1) is 20.8 Å². The monoisotopic (exact) mass is 431 g/mol. The molecule has 0 aliphatic carbocycles. The summed E-state index contributed by atoms with van der Waals surface area (Å²) in [6.07, 6.45) is 3.83. The number of carbonyl (C=O) groups excluding carboxylic acids is 2. The molecule has 3 rings (SSSR count). The van der Waals surface area contributed by atoms with Gasteiger partial charge in [-0.05, 0) is 26.8 Å². The number of rotatable bonds is 7. The Morgan fingerprint density at radius 2 is 1.97 bits per heavy atom. The van der Waals surface area contributed by atoms with E-state index in [4.69, 9.17) is 0 Å². The van der Waals surface area contributed by atoms with Crippen LogP contribution in [0.2, 0.25) is 0 Å². The Bertz CT molecular complexity index is 1080. The maximum absolute atomic E-state index is 12.4. The molecule has 0 spiro atoms. The molecule has 29 heavy (non-hydrogen) atoms. The number of pyridine rings is 1. The molecule has 8 nitrogen and oxygen atoms in total. The number of carbonyl (C=O) groups is 2. The minimum atomic E-state index is -0.377. The first-order valence-corrected chi connectivity index (χ1v) is 10.6. The average Bonchev–Trinajstić information content (AvgIpc) is 3.21. The normalized spacial score (nSPS) is 10.7. The van der Waals surface area contributed by atoms with E-state index >= 15 is 0 Å². The van der Waals surface area contributed by atoms with E-state index in [1.807, 2.05) is 20.8 Å². The molecule has 3 aromatic heterocycles. The highest BCUT2D eigenvalue weighted by molar-refractivity contribution is 7.15. The van der Waals surface area contributed by atoms with Crippen molar-refractivity contribution < 1.29 is 9.59 Å². The van der Waals surface area contributed by atoms with Crippen molar-refractivity contribution in [1.82, 2.24) is 19.9 Å². The topological polar surface area (TPSA) is 106 Å². The number of anilines is 1. The first-order chi connectivity index (χ1) is 13.8. The van der Waals surface area contributed by atoms with Crippen LogP contribution >= 0.6 is 22.7 Å². The summed E-state index contributed by atoms with van der Waals surface area (Å²) in [4.78, 5) is 47.3. The fraction of sp³-hybridized carbons (Fsp3) is 0.316. The molecule has 3 aromatic rings. The molecule has 0 aromatic carbocycles. The van der Waals surface area contributed by atoms with E-state index in [9.17, 15) is 14.4 Å². The van der Waals surface area contributed by atoms with Crippen LogP contribution in [-0.4, -0.2) is 32.9 Å². The molecular weight excluding hydrogens is 410 g/mol. The fourth-order valence-electron chi connectivity index (χ4n) is 2.53. The van der Waals surface area contributed by atoms with E-state index in [0.717, 1.165) is 20.5 Å². The van der Waals surface area contributed by atoms with Crippen molar-refractivity contribution >= 4 is 39.6 Å². The third-order valence-electron chi connectivity index (χ3n) is 4.13. The zero-order valence-electron chi connectivity index (χ0n) is 16.3. The highest BCUT2D eigenvalue weighted by Crippen LogP contribution is 2.20. The first-order valence-electron chi connectivity index (χ1n) is 8.95. The van der Waals surface area contributed by atoms with E-state index in [-0.39, 0.29) is 23.9 Å². The van der Waals surface area contributed by atoms with Gasteiger partial charge in [-0.1, -0.05) is 0 Å². The van der Waals surface area contributed by atoms with Crippen molar-refractivity contribution in [2.75, 3.05) is 11.9 Å². The maximum Gasteiger partial charge on any atom is 0.252 e. The second-order valence-corrected chi connectivity index (χ2v) is 8.99. The number of nitrogens with zero attached hydrogens (tertiary/aromatic N) is 3. The number of hydrogen-bond donors (Lipinski definition) is 2. The number of aryl methyl sites for hydroxylation is 3. The molecule has 152 valence electrons. The van der Waals surface area contributed by atoms with E-state index in [1.165, 1.54) is 34.2 Å². The highest BCUT2D eigenvalue weighted by atomic mass is 32.1.